The highest BCUT2D eigenvalue weighted by Crippen LogP contribution is 2.40. The molecular formula is C15H17N3O3. The van der Waals surface area contributed by atoms with Crippen molar-refractivity contribution in [1.82, 2.24) is 10.2 Å². The molecule has 0 aromatic heterocycles. The number of aryl methyl sites for hydroxylation is 1. The van der Waals surface area contributed by atoms with E-state index in [-0.39, 0.29) is 5.91 Å². The van der Waals surface area contributed by atoms with Gasteiger partial charge in [0, 0.05) is 0 Å². The molecule has 0 saturated carbocycles. The second kappa shape index (κ2) is 4.58. The number of benzene rings is 1. The number of rotatable bonds is 2. The number of carbonyl (C=O) groups is 3. The second-order valence-corrected chi connectivity index (χ2v) is 5.60. The largest absolute Gasteiger partial charge is 0.368 e. The molecule has 110 valence electrons. The van der Waals surface area contributed by atoms with Crippen LogP contribution in [0.1, 0.15) is 30.9 Å². The van der Waals surface area contributed by atoms with Gasteiger partial charge in [0.2, 0.25) is 5.91 Å². The number of fused-ring (bicyclic) bond motifs is 2. The molecule has 3 N–H and O–H groups in total. The summed E-state index contributed by atoms with van der Waals surface area (Å²) in [6, 6.07) is 6.10. The summed E-state index contributed by atoms with van der Waals surface area (Å²) in [6.07, 6.45) is 2.23. The van der Waals surface area contributed by atoms with Crippen LogP contribution < -0.4 is 11.1 Å². The zero-order valence-electron chi connectivity index (χ0n) is 11.8. The first-order valence-corrected chi connectivity index (χ1v) is 7.01. The topological polar surface area (TPSA) is 92.5 Å². The van der Waals surface area contributed by atoms with Gasteiger partial charge in [-0.05, 0) is 37.3 Å². The number of nitrogens with two attached hydrogens (primary N) is 1. The van der Waals surface area contributed by atoms with E-state index in [9.17, 15) is 14.4 Å². The van der Waals surface area contributed by atoms with Crippen LogP contribution in [0.5, 0.6) is 0 Å². The van der Waals surface area contributed by atoms with Crippen LogP contribution in [0.4, 0.5) is 4.79 Å². The van der Waals surface area contributed by atoms with Gasteiger partial charge in [-0.25, -0.2) is 9.69 Å². The maximum absolute atomic E-state index is 12.8. The maximum Gasteiger partial charge on any atom is 0.326 e. The van der Waals surface area contributed by atoms with Crippen molar-refractivity contribution in [2.24, 2.45) is 5.73 Å². The van der Waals surface area contributed by atoms with E-state index in [2.05, 4.69) is 5.32 Å². The van der Waals surface area contributed by atoms with E-state index in [4.69, 9.17) is 5.73 Å². The monoisotopic (exact) mass is 287 g/mol. The molecule has 2 aliphatic rings. The highest BCUT2D eigenvalue weighted by Gasteiger charge is 2.55. The minimum atomic E-state index is -1.05. The molecule has 4 amide bonds. The fourth-order valence-electron chi connectivity index (χ4n) is 3.26. The summed E-state index contributed by atoms with van der Waals surface area (Å²) in [6.45, 7) is 1.47. The van der Waals surface area contributed by atoms with Crippen LogP contribution >= 0.6 is 0 Å². The summed E-state index contributed by atoms with van der Waals surface area (Å²) in [4.78, 5) is 37.3. The van der Waals surface area contributed by atoms with E-state index in [1.165, 1.54) is 6.92 Å². The van der Waals surface area contributed by atoms with Gasteiger partial charge >= 0.3 is 6.03 Å². The summed E-state index contributed by atoms with van der Waals surface area (Å²) in [5.41, 5.74) is 6.08. The van der Waals surface area contributed by atoms with Crippen molar-refractivity contribution in [2.75, 3.05) is 0 Å². The Morgan fingerprint density at radius 1 is 1.38 bits per heavy atom. The van der Waals surface area contributed by atoms with Crippen LogP contribution in [0.25, 0.3) is 0 Å². The first kappa shape index (κ1) is 13.6. The number of amides is 4. The van der Waals surface area contributed by atoms with Crippen LogP contribution in [0.2, 0.25) is 0 Å². The van der Waals surface area contributed by atoms with Crippen LogP contribution in [-0.4, -0.2) is 28.8 Å². The third-order valence-corrected chi connectivity index (χ3v) is 4.40. The van der Waals surface area contributed by atoms with Gasteiger partial charge in [0.25, 0.3) is 5.91 Å². The van der Waals surface area contributed by atoms with Crippen molar-refractivity contribution < 1.29 is 14.4 Å². The van der Waals surface area contributed by atoms with Crippen molar-refractivity contribution in [2.45, 2.75) is 37.8 Å². The normalized spacial score (nSPS) is 25.7. The standard InChI is InChI=1S/C15H17N3O3/c1-9(12(16)19)18-13(20)15(17-14(18)21)8-4-6-10-5-2-3-7-11(10)15/h2-3,5,7,9H,4,6,8H2,1H3,(H2,16,19)(H,17,21)/t9-,15+/m1/s1. The smallest absolute Gasteiger partial charge is 0.326 e. The number of hydrogen-bond acceptors (Lipinski definition) is 3. The Morgan fingerprint density at radius 2 is 2.10 bits per heavy atom. The fourth-order valence-corrected chi connectivity index (χ4v) is 3.26. The summed E-state index contributed by atoms with van der Waals surface area (Å²) in [5, 5.41) is 2.79. The minimum Gasteiger partial charge on any atom is -0.368 e. The molecular weight excluding hydrogens is 270 g/mol. The third-order valence-electron chi connectivity index (χ3n) is 4.40. The van der Waals surface area contributed by atoms with Gasteiger partial charge in [0.05, 0.1) is 0 Å². The SMILES string of the molecule is C[C@H](C(N)=O)N1C(=O)N[C@]2(CCCc3ccccc32)C1=O. The van der Waals surface area contributed by atoms with Crippen LogP contribution in [0.3, 0.4) is 0 Å². The molecule has 1 aromatic rings. The van der Waals surface area contributed by atoms with E-state index < -0.39 is 23.5 Å². The molecule has 3 rings (SSSR count). The summed E-state index contributed by atoms with van der Waals surface area (Å²) < 4.78 is 0. The molecule has 1 heterocycles. The lowest BCUT2D eigenvalue weighted by Crippen LogP contribution is -2.49. The lowest BCUT2D eigenvalue weighted by atomic mass is 9.76. The lowest BCUT2D eigenvalue weighted by molar-refractivity contribution is -0.137. The number of primary amides is 1. The molecule has 0 bridgehead atoms. The Kier molecular flexibility index (Phi) is 2.97. The summed E-state index contributed by atoms with van der Waals surface area (Å²) in [5.74, 6) is -1.08. The number of nitrogens with zero attached hydrogens (tertiary/aromatic N) is 1. The average Bonchev–Trinajstić information content (AvgIpc) is 2.70. The average molecular weight is 287 g/mol. The molecule has 1 aliphatic heterocycles. The van der Waals surface area contributed by atoms with E-state index in [0.29, 0.717) is 6.42 Å². The molecule has 1 aromatic carbocycles. The number of carbonyl (C=O) groups excluding carboxylic acids is 3. The molecule has 0 unspecified atom stereocenters. The zero-order chi connectivity index (χ0) is 15.2. The fraction of sp³-hybridized carbons (Fsp3) is 0.400. The van der Waals surface area contributed by atoms with E-state index in [1.807, 2.05) is 24.3 Å². The predicted molar refractivity (Wildman–Crippen MR) is 75.1 cm³/mol. The number of hydrogen-bond donors (Lipinski definition) is 2. The molecule has 1 saturated heterocycles. The number of urea groups is 1. The molecule has 1 fully saturated rings. The molecule has 2 atom stereocenters. The Labute approximate surface area is 122 Å². The lowest BCUT2D eigenvalue weighted by Gasteiger charge is -2.33. The highest BCUT2D eigenvalue weighted by molar-refractivity contribution is 6.10. The van der Waals surface area contributed by atoms with Gasteiger partial charge in [-0.1, -0.05) is 24.3 Å². The summed E-state index contributed by atoms with van der Waals surface area (Å²) in [7, 11) is 0. The van der Waals surface area contributed by atoms with Crippen LogP contribution in [-0.2, 0) is 21.5 Å². The molecule has 21 heavy (non-hydrogen) atoms. The van der Waals surface area contributed by atoms with Crippen molar-refractivity contribution in [3.63, 3.8) is 0 Å². The van der Waals surface area contributed by atoms with E-state index in [0.717, 1.165) is 28.9 Å². The maximum atomic E-state index is 12.8. The van der Waals surface area contributed by atoms with Gasteiger partial charge < -0.3 is 11.1 Å². The van der Waals surface area contributed by atoms with Gasteiger partial charge in [0.15, 0.2) is 0 Å². The minimum absolute atomic E-state index is 0.383. The molecule has 1 aliphatic carbocycles. The first-order valence-electron chi connectivity index (χ1n) is 7.01. The Morgan fingerprint density at radius 3 is 2.81 bits per heavy atom. The quantitative estimate of drug-likeness (QED) is 0.782. The summed E-state index contributed by atoms with van der Waals surface area (Å²) >= 11 is 0. The van der Waals surface area contributed by atoms with Gasteiger partial charge in [-0.15, -0.1) is 0 Å². The Bertz CT molecular complexity index is 643. The van der Waals surface area contributed by atoms with Gasteiger partial charge in [-0.2, -0.15) is 0 Å². The number of nitrogens with one attached hydrogen (secondary N) is 1. The first-order chi connectivity index (χ1) is 9.97. The molecule has 6 heteroatoms. The van der Waals surface area contributed by atoms with Crippen LogP contribution in [0.15, 0.2) is 24.3 Å². The van der Waals surface area contributed by atoms with E-state index in [1.54, 1.807) is 0 Å². The Balaban J connectivity index is 2.07. The van der Waals surface area contributed by atoms with Crippen molar-refractivity contribution in [3.05, 3.63) is 35.4 Å². The van der Waals surface area contributed by atoms with E-state index >= 15 is 0 Å². The molecule has 0 radical (unpaired) electrons. The third kappa shape index (κ3) is 1.82. The van der Waals surface area contributed by atoms with Crippen molar-refractivity contribution in [3.8, 4) is 0 Å². The van der Waals surface area contributed by atoms with Gasteiger partial charge in [0.1, 0.15) is 11.6 Å². The van der Waals surface area contributed by atoms with Crippen molar-refractivity contribution in [1.29, 1.82) is 0 Å². The van der Waals surface area contributed by atoms with Crippen LogP contribution in [0, 0.1) is 0 Å². The zero-order valence-corrected chi connectivity index (χ0v) is 11.8. The molecule has 6 nitrogen and oxygen atoms in total. The second-order valence-electron chi connectivity index (χ2n) is 5.60. The highest BCUT2D eigenvalue weighted by atomic mass is 16.2. The predicted octanol–water partition coefficient (Wildman–Crippen LogP) is 0.644. The van der Waals surface area contributed by atoms with Gasteiger partial charge in [-0.3, -0.25) is 9.59 Å². The number of imide groups is 1. The van der Waals surface area contributed by atoms with Crippen molar-refractivity contribution >= 4 is 17.8 Å². The Hall–Kier alpha value is -2.37. The molecule has 1 spiro atoms.